The van der Waals surface area contributed by atoms with E-state index in [2.05, 4.69) is 20.2 Å². The van der Waals surface area contributed by atoms with Gasteiger partial charge in [-0.2, -0.15) is 4.98 Å². The number of fused-ring (bicyclic) bond motifs is 1. The third-order valence-electron chi connectivity index (χ3n) is 5.92. The lowest BCUT2D eigenvalue weighted by Crippen LogP contribution is -2.36. The van der Waals surface area contributed by atoms with E-state index < -0.39 is 5.92 Å². The zero-order valence-corrected chi connectivity index (χ0v) is 15.7. The van der Waals surface area contributed by atoms with Crippen LogP contribution in [0.15, 0.2) is 40.6 Å². The summed E-state index contributed by atoms with van der Waals surface area (Å²) in [5.41, 5.74) is 2.79. The van der Waals surface area contributed by atoms with Crippen LogP contribution in [0.3, 0.4) is 0 Å². The Bertz CT molecular complexity index is 1010. The summed E-state index contributed by atoms with van der Waals surface area (Å²) in [6, 6.07) is 3.77. The molecule has 2 aromatic rings. The zero-order valence-electron chi connectivity index (χ0n) is 15.7. The van der Waals surface area contributed by atoms with Crippen molar-refractivity contribution in [2.75, 3.05) is 23.3 Å². The summed E-state index contributed by atoms with van der Waals surface area (Å²) in [6.45, 7) is 1.81. The summed E-state index contributed by atoms with van der Waals surface area (Å²) in [7, 11) is 0. The monoisotopic (exact) mass is 377 g/mol. The molecule has 0 amide bonds. The predicted octanol–water partition coefficient (Wildman–Crippen LogP) is 2.72. The summed E-state index contributed by atoms with van der Waals surface area (Å²) in [6.07, 6.45) is 9.00. The first-order chi connectivity index (χ1) is 13.7. The maximum Gasteiger partial charge on any atom is 0.258 e. The molecule has 7 heteroatoms. The molecule has 0 radical (unpaired) electrons. The van der Waals surface area contributed by atoms with Crippen molar-refractivity contribution in [2.45, 2.75) is 44.4 Å². The highest BCUT2D eigenvalue weighted by Gasteiger charge is 2.38. The van der Waals surface area contributed by atoms with Crippen LogP contribution in [0.4, 0.5) is 11.8 Å². The van der Waals surface area contributed by atoms with Crippen LogP contribution in [-0.4, -0.2) is 33.8 Å². The quantitative estimate of drug-likeness (QED) is 0.836. The van der Waals surface area contributed by atoms with Crippen LogP contribution >= 0.6 is 0 Å². The number of aromatic nitrogens is 3. The fraction of sp³-hybridized carbons (Fsp3) is 0.429. The van der Waals surface area contributed by atoms with Gasteiger partial charge in [0.05, 0.1) is 5.56 Å². The third kappa shape index (κ3) is 2.82. The average molecular weight is 377 g/mol. The van der Waals surface area contributed by atoms with Crippen molar-refractivity contribution in [3.8, 4) is 0 Å². The van der Waals surface area contributed by atoms with Gasteiger partial charge < -0.3 is 10.2 Å². The first-order valence-electron chi connectivity index (χ1n) is 10.0. The molecule has 5 rings (SSSR count). The van der Waals surface area contributed by atoms with E-state index in [0.29, 0.717) is 29.3 Å². The minimum Gasteiger partial charge on any atom is -0.343 e. The van der Waals surface area contributed by atoms with E-state index in [1.54, 1.807) is 12.4 Å². The van der Waals surface area contributed by atoms with Gasteiger partial charge >= 0.3 is 0 Å². The van der Waals surface area contributed by atoms with Gasteiger partial charge in [0.2, 0.25) is 5.95 Å². The fourth-order valence-corrected chi connectivity index (χ4v) is 4.58. The number of allylic oxidation sites excluding steroid dienone is 2. The van der Waals surface area contributed by atoms with E-state index in [1.165, 1.54) is 6.42 Å². The Labute approximate surface area is 162 Å². The van der Waals surface area contributed by atoms with Crippen LogP contribution in [-0.2, 0) is 4.79 Å². The molecule has 0 saturated carbocycles. The number of pyridine rings is 1. The second-order valence-corrected chi connectivity index (χ2v) is 7.71. The van der Waals surface area contributed by atoms with Gasteiger partial charge in [0.15, 0.2) is 5.78 Å². The topological polar surface area (TPSA) is 91.0 Å². The maximum absolute atomic E-state index is 13.2. The molecule has 7 nitrogen and oxygen atoms in total. The van der Waals surface area contributed by atoms with Gasteiger partial charge in [0.25, 0.3) is 5.56 Å². The Morgan fingerprint density at radius 1 is 1.07 bits per heavy atom. The van der Waals surface area contributed by atoms with Crippen LogP contribution in [0.25, 0.3) is 0 Å². The Morgan fingerprint density at radius 2 is 1.93 bits per heavy atom. The van der Waals surface area contributed by atoms with Crippen LogP contribution in [0.2, 0.25) is 0 Å². The van der Waals surface area contributed by atoms with Gasteiger partial charge in [-0.05, 0) is 43.7 Å². The molecule has 4 heterocycles. The molecule has 1 fully saturated rings. The number of rotatable bonds is 2. The minimum absolute atomic E-state index is 0.104. The van der Waals surface area contributed by atoms with Gasteiger partial charge in [0, 0.05) is 49.1 Å². The summed E-state index contributed by atoms with van der Waals surface area (Å²) in [5.74, 6) is 0.880. The number of hydrogen-bond donors (Lipinski definition) is 2. The Balaban J connectivity index is 1.67. The normalized spacial score (nSPS) is 21.8. The van der Waals surface area contributed by atoms with Crippen molar-refractivity contribution in [2.24, 2.45) is 0 Å². The van der Waals surface area contributed by atoms with E-state index in [0.717, 1.165) is 50.0 Å². The fourth-order valence-electron chi connectivity index (χ4n) is 4.58. The number of ketones is 1. The summed E-state index contributed by atoms with van der Waals surface area (Å²) in [5, 5.41) is 3.33. The highest BCUT2D eigenvalue weighted by molar-refractivity contribution is 6.00. The molecule has 3 aliphatic rings. The first kappa shape index (κ1) is 17.2. The van der Waals surface area contributed by atoms with Crippen LogP contribution in [0.1, 0.15) is 55.6 Å². The summed E-state index contributed by atoms with van der Waals surface area (Å²) in [4.78, 5) is 40.1. The lowest BCUT2D eigenvalue weighted by Gasteiger charge is -2.34. The number of Topliss-reactive ketones (excluding diaryl/α,β-unsaturated/α-hetero) is 1. The van der Waals surface area contributed by atoms with Crippen LogP contribution < -0.4 is 15.8 Å². The Hall–Kier alpha value is -2.96. The second kappa shape index (κ2) is 6.89. The van der Waals surface area contributed by atoms with Gasteiger partial charge in [-0.25, -0.2) is 0 Å². The number of nitrogens with zero attached hydrogens (tertiary/aromatic N) is 3. The third-order valence-corrected chi connectivity index (χ3v) is 5.92. The molecule has 0 unspecified atom stereocenters. The standard InChI is InChI=1S/C21H23N5O2/c27-15-8-4-7-14-17(15)16(13-6-5-9-22-12-13)18-19(23-14)24-21(25-20(18)28)26-10-2-1-3-11-26/h5-6,9,12,16H,1-4,7-8,10-11H2,(H2,23,24,25,28)/t16-/m1/s1. The van der Waals surface area contributed by atoms with Crippen molar-refractivity contribution < 1.29 is 4.79 Å². The molecule has 2 N–H and O–H groups in total. The van der Waals surface area contributed by atoms with Crippen molar-refractivity contribution >= 4 is 17.5 Å². The first-order valence-corrected chi connectivity index (χ1v) is 10.0. The van der Waals surface area contributed by atoms with E-state index in [-0.39, 0.29) is 11.3 Å². The average Bonchev–Trinajstić information content (AvgIpc) is 2.73. The van der Waals surface area contributed by atoms with Gasteiger partial charge in [-0.15, -0.1) is 0 Å². The second-order valence-electron chi connectivity index (χ2n) is 7.71. The van der Waals surface area contributed by atoms with Crippen LogP contribution in [0.5, 0.6) is 0 Å². The van der Waals surface area contributed by atoms with E-state index in [4.69, 9.17) is 4.98 Å². The number of carbonyl (C=O) groups is 1. The molecule has 1 saturated heterocycles. The molecule has 1 atom stereocenters. The SMILES string of the molecule is O=C1CCCC2=C1[C@@H](c1cccnc1)c1c(nc(N3CCCCC3)[nH]c1=O)N2. The number of nitrogens with one attached hydrogen (secondary N) is 2. The molecule has 28 heavy (non-hydrogen) atoms. The number of anilines is 2. The van der Waals surface area contributed by atoms with E-state index in [1.807, 2.05) is 12.1 Å². The minimum atomic E-state index is -0.417. The number of carbonyl (C=O) groups excluding carboxylic acids is 1. The van der Waals surface area contributed by atoms with Gasteiger partial charge in [-0.3, -0.25) is 19.6 Å². The largest absolute Gasteiger partial charge is 0.343 e. The molecule has 0 spiro atoms. The number of hydrogen-bond acceptors (Lipinski definition) is 6. The smallest absolute Gasteiger partial charge is 0.258 e. The zero-order chi connectivity index (χ0) is 19.1. The van der Waals surface area contributed by atoms with E-state index in [9.17, 15) is 9.59 Å². The molecule has 0 bridgehead atoms. The maximum atomic E-state index is 13.2. The van der Waals surface area contributed by atoms with Gasteiger partial charge in [-0.1, -0.05) is 6.07 Å². The lowest BCUT2D eigenvalue weighted by molar-refractivity contribution is -0.116. The highest BCUT2D eigenvalue weighted by Crippen LogP contribution is 2.43. The molecule has 2 aromatic heterocycles. The van der Waals surface area contributed by atoms with Crippen molar-refractivity contribution in [3.63, 3.8) is 0 Å². The number of aromatic amines is 1. The van der Waals surface area contributed by atoms with Crippen molar-refractivity contribution in [1.29, 1.82) is 0 Å². The molecule has 144 valence electrons. The summed E-state index contributed by atoms with van der Waals surface area (Å²) < 4.78 is 0. The Kier molecular flexibility index (Phi) is 4.22. The molecule has 0 aromatic carbocycles. The van der Waals surface area contributed by atoms with Crippen molar-refractivity contribution in [1.82, 2.24) is 15.0 Å². The van der Waals surface area contributed by atoms with Crippen molar-refractivity contribution in [3.05, 3.63) is 57.3 Å². The molecule has 1 aliphatic carbocycles. The summed E-state index contributed by atoms with van der Waals surface area (Å²) >= 11 is 0. The highest BCUT2D eigenvalue weighted by atomic mass is 16.1. The number of H-pyrrole nitrogens is 1. The van der Waals surface area contributed by atoms with Gasteiger partial charge in [0.1, 0.15) is 5.82 Å². The predicted molar refractivity (Wildman–Crippen MR) is 107 cm³/mol. The Morgan fingerprint density at radius 3 is 2.71 bits per heavy atom. The lowest BCUT2D eigenvalue weighted by atomic mass is 9.77. The van der Waals surface area contributed by atoms with E-state index >= 15 is 0 Å². The molecular formula is C21H23N5O2. The van der Waals surface area contributed by atoms with Crippen LogP contribution in [0, 0.1) is 0 Å². The molecular weight excluding hydrogens is 354 g/mol. The molecule has 2 aliphatic heterocycles. The number of piperidine rings is 1.